The number of ether oxygens (including phenoxy) is 2. The van der Waals surface area contributed by atoms with Gasteiger partial charge < -0.3 is 25.0 Å². The zero-order valence-corrected chi connectivity index (χ0v) is 25.0. The molecule has 0 aliphatic carbocycles. The minimum atomic E-state index is -3.18. The highest BCUT2D eigenvalue weighted by Crippen LogP contribution is 2.39. The number of carbonyl (C=O) groups is 2. The van der Waals surface area contributed by atoms with Crippen molar-refractivity contribution in [2.24, 2.45) is 5.41 Å². The van der Waals surface area contributed by atoms with E-state index in [1.807, 2.05) is 20.8 Å². The minimum Gasteiger partial charge on any atom is -0.618 e. The Morgan fingerprint density at radius 3 is 2.69 bits per heavy atom. The number of nitrogens with one attached hydrogen (secondary N) is 3. The molecule has 2 bridgehead atoms. The molecule has 0 saturated carbocycles. The molecule has 0 spiro atoms. The third kappa shape index (κ3) is 6.56. The molecular formula is C32H32F3N5O5. The number of benzene rings is 2. The van der Waals surface area contributed by atoms with Gasteiger partial charge in [0.15, 0.2) is 6.20 Å². The number of carbonyl (C=O) groups excluding carboxylic acids is 2. The largest absolute Gasteiger partial charge is 0.618 e. The summed E-state index contributed by atoms with van der Waals surface area (Å²) < 4.78 is 50.6. The molecule has 3 heterocycles. The van der Waals surface area contributed by atoms with E-state index in [9.17, 15) is 28.0 Å². The molecule has 1 atom stereocenters. The Morgan fingerprint density at radius 2 is 1.98 bits per heavy atom. The number of halogens is 3. The first-order chi connectivity index (χ1) is 21.4. The lowest BCUT2D eigenvalue weighted by atomic mass is 9.83. The highest BCUT2D eigenvalue weighted by atomic mass is 19.3. The molecular weight excluding hydrogens is 591 g/mol. The molecule has 45 heavy (non-hydrogen) atoms. The van der Waals surface area contributed by atoms with E-state index < -0.39 is 29.9 Å². The fraction of sp³-hybridized carbons (Fsp3) is 0.312. The molecule has 2 amide bonds. The number of nitrogens with zero attached hydrogens (tertiary/aromatic N) is 2. The van der Waals surface area contributed by atoms with Gasteiger partial charge in [0.25, 0.3) is 0 Å². The number of amides is 2. The number of hydrogen-bond donors (Lipinski definition) is 3. The van der Waals surface area contributed by atoms with Gasteiger partial charge in [0.2, 0.25) is 11.6 Å². The van der Waals surface area contributed by atoms with Crippen LogP contribution in [0.3, 0.4) is 0 Å². The van der Waals surface area contributed by atoms with Crippen LogP contribution in [0.25, 0.3) is 22.4 Å². The van der Waals surface area contributed by atoms with Crippen LogP contribution in [0.5, 0.6) is 5.75 Å². The summed E-state index contributed by atoms with van der Waals surface area (Å²) >= 11 is 0. The Bertz CT molecular complexity index is 1760. The first kappa shape index (κ1) is 31.4. The number of rotatable bonds is 5. The predicted octanol–water partition coefficient (Wildman–Crippen LogP) is 6.88. The summed E-state index contributed by atoms with van der Waals surface area (Å²) in [6.45, 7) is 2.29. The van der Waals surface area contributed by atoms with Gasteiger partial charge in [0.05, 0.1) is 29.6 Å². The molecule has 2 aromatic heterocycles. The maximum Gasteiger partial charge on any atom is 0.411 e. The summed E-state index contributed by atoms with van der Waals surface area (Å²) in [4.78, 5) is 33.4. The fourth-order valence-electron chi connectivity index (χ4n) is 5.48. The number of fused-ring (bicyclic) bond motifs is 4. The van der Waals surface area contributed by atoms with Crippen molar-refractivity contribution in [3.8, 4) is 28.1 Å². The Hall–Kier alpha value is -5.07. The fourth-order valence-corrected chi connectivity index (χ4v) is 5.48. The third-order valence-corrected chi connectivity index (χ3v) is 7.88. The van der Waals surface area contributed by atoms with Gasteiger partial charge in [-0.2, -0.15) is 13.5 Å². The molecule has 10 nitrogen and oxygen atoms in total. The van der Waals surface area contributed by atoms with Gasteiger partial charge in [-0.15, -0.1) is 0 Å². The normalized spacial score (nSPS) is 16.2. The van der Waals surface area contributed by atoms with Crippen LogP contribution < -0.4 is 20.1 Å². The Kier molecular flexibility index (Phi) is 8.71. The van der Waals surface area contributed by atoms with Crippen molar-refractivity contribution in [1.29, 1.82) is 0 Å². The molecule has 13 heteroatoms. The number of alkyl halides is 2. The van der Waals surface area contributed by atoms with Crippen LogP contribution in [-0.2, 0) is 9.53 Å². The second-order valence-electron chi connectivity index (χ2n) is 11.4. The van der Waals surface area contributed by atoms with Crippen molar-refractivity contribution in [3.63, 3.8) is 0 Å². The van der Waals surface area contributed by atoms with Crippen molar-refractivity contribution in [2.75, 3.05) is 17.7 Å². The summed E-state index contributed by atoms with van der Waals surface area (Å²) in [5.74, 6) is -1.50. The van der Waals surface area contributed by atoms with E-state index in [4.69, 9.17) is 9.72 Å². The van der Waals surface area contributed by atoms with Crippen molar-refractivity contribution in [2.45, 2.75) is 52.6 Å². The van der Waals surface area contributed by atoms with Crippen LogP contribution in [0.1, 0.15) is 56.2 Å². The second-order valence-corrected chi connectivity index (χ2v) is 11.4. The molecule has 1 aliphatic rings. The first-order valence-corrected chi connectivity index (χ1v) is 14.2. The number of H-pyrrole nitrogens is 1. The molecule has 4 aromatic rings. The van der Waals surface area contributed by atoms with Crippen molar-refractivity contribution < 1.29 is 37.0 Å². The Morgan fingerprint density at radius 1 is 1.20 bits per heavy atom. The van der Waals surface area contributed by atoms with Crippen LogP contribution in [0.2, 0.25) is 0 Å². The zero-order valence-electron chi connectivity index (χ0n) is 25.0. The summed E-state index contributed by atoms with van der Waals surface area (Å²) in [6, 6.07) is 11.5. The molecule has 0 saturated heterocycles. The van der Waals surface area contributed by atoms with Crippen molar-refractivity contribution in [3.05, 3.63) is 83.0 Å². The van der Waals surface area contributed by atoms with Gasteiger partial charge in [-0.1, -0.05) is 26.3 Å². The molecule has 3 N–H and O–H groups in total. The summed E-state index contributed by atoms with van der Waals surface area (Å²) in [5, 5.41) is 19.1. The standard InChI is InChI=1S/C32H32F3N5O5/c1-17-27-20-12-11-19(37-31(42)44-4)15-23(20)38-29(41)32(2,3)14-6-7-21(28(36-17)39-27)24-13-10-18(16-40(24)43)26-22(33)8-5-9-25(26)45-30(34)35/h5,8-13,15-16,21,30H,6-7,14H2,1-4H3,(H,36,39)(H,37,42)(H,38,41). The lowest BCUT2D eigenvalue weighted by Gasteiger charge is -2.26. The van der Waals surface area contributed by atoms with E-state index in [1.165, 1.54) is 31.4 Å². The maximum absolute atomic E-state index is 14.8. The molecule has 1 unspecified atom stereocenters. The van der Waals surface area contributed by atoms with Crippen LogP contribution in [-0.4, -0.2) is 35.7 Å². The Balaban J connectivity index is 1.59. The van der Waals surface area contributed by atoms with Gasteiger partial charge in [-0.3, -0.25) is 10.1 Å². The van der Waals surface area contributed by atoms with Crippen molar-refractivity contribution in [1.82, 2.24) is 9.97 Å². The van der Waals surface area contributed by atoms with E-state index in [0.717, 1.165) is 12.3 Å². The highest BCUT2D eigenvalue weighted by molar-refractivity contribution is 5.99. The van der Waals surface area contributed by atoms with E-state index >= 15 is 0 Å². The van der Waals surface area contributed by atoms with E-state index in [-0.39, 0.29) is 22.8 Å². The highest BCUT2D eigenvalue weighted by Gasteiger charge is 2.33. The molecule has 1 aliphatic heterocycles. The van der Waals surface area contributed by atoms with Gasteiger partial charge in [0, 0.05) is 28.4 Å². The van der Waals surface area contributed by atoms with Gasteiger partial charge in [-0.25, -0.2) is 14.2 Å². The number of imidazole rings is 1. The topological polar surface area (TPSA) is 132 Å². The number of aromatic amines is 1. The second kappa shape index (κ2) is 12.5. The van der Waals surface area contributed by atoms with Gasteiger partial charge >= 0.3 is 12.7 Å². The average Bonchev–Trinajstić information content (AvgIpc) is 3.36. The summed E-state index contributed by atoms with van der Waals surface area (Å²) in [6.07, 6.45) is 1.91. The van der Waals surface area contributed by atoms with Crippen LogP contribution >= 0.6 is 0 Å². The smallest absolute Gasteiger partial charge is 0.411 e. The molecule has 236 valence electrons. The number of anilines is 2. The SMILES string of the molecule is COC(=O)Nc1ccc2c(c1)NC(=O)C(C)(C)CCCC(c1ccc(-c3c(F)cccc3OC(F)F)c[n+]1[O-])c1nc-2c(C)[nH]1. The van der Waals surface area contributed by atoms with Crippen LogP contribution in [0, 0.1) is 23.4 Å². The van der Waals surface area contributed by atoms with Gasteiger partial charge in [0.1, 0.15) is 23.3 Å². The summed E-state index contributed by atoms with van der Waals surface area (Å²) in [5.41, 5.74) is 1.93. The number of methoxy groups -OCH3 is 1. The van der Waals surface area contributed by atoms with E-state index in [2.05, 4.69) is 20.4 Å². The zero-order chi connectivity index (χ0) is 32.5. The number of pyridine rings is 1. The lowest BCUT2D eigenvalue weighted by molar-refractivity contribution is -0.614. The van der Waals surface area contributed by atoms with Crippen LogP contribution in [0.4, 0.5) is 29.3 Å². The first-order valence-electron chi connectivity index (χ1n) is 14.2. The lowest BCUT2D eigenvalue weighted by Crippen LogP contribution is -2.34. The minimum absolute atomic E-state index is 0.0649. The van der Waals surface area contributed by atoms with Gasteiger partial charge in [-0.05, 0) is 56.2 Å². The van der Waals surface area contributed by atoms with E-state index in [1.54, 1.807) is 18.2 Å². The number of hydrogen-bond acceptors (Lipinski definition) is 6. The molecule has 2 aromatic carbocycles. The van der Waals surface area contributed by atoms with Crippen LogP contribution in [0.15, 0.2) is 54.7 Å². The van der Waals surface area contributed by atoms with E-state index in [0.29, 0.717) is 63.8 Å². The monoisotopic (exact) mass is 623 g/mol. The molecule has 5 rings (SSSR count). The average molecular weight is 624 g/mol. The predicted molar refractivity (Wildman–Crippen MR) is 160 cm³/mol. The number of aryl methyl sites for hydroxylation is 1. The maximum atomic E-state index is 14.8. The quantitative estimate of drug-likeness (QED) is 0.164. The molecule has 0 radical (unpaired) electrons. The number of aromatic nitrogens is 3. The Labute approximate surface area is 257 Å². The summed E-state index contributed by atoms with van der Waals surface area (Å²) in [7, 11) is 1.25. The molecule has 0 fully saturated rings. The van der Waals surface area contributed by atoms with Crippen molar-refractivity contribution >= 4 is 23.4 Å². The third-order valence-electron chi connectivity index (χ3n) is 7.88.